The molecule has 7 nitrogen and oxygen atoms in total. The van der Waals surface area contributed by atoms with Gasteiger partial charge in [-0.3, -0.25) is 0 Å². The average molecular weight is 271 g/mol. The van der Waals surface area contributed by atoms with Crippen LogP contribution in [0.2, 0.25) is 0 Å². The molecule has 0 saturated heterocycles. The summed E-state index contributed by atoms with van der Waals surface area (Å²) in [5.74, 6) is 3.42. The van der Waals surface area contributed by atoms with Crippen LogP contribution in [-0.2, 0) is 6.42 Å². The number of aliphatic imine (C=N–C) groups is 4. The van der Waals surface area contributed by atoms with Gasteiger partial charge in [0.1, 0.15) is 17.5 Å². The molecule has 0 unspecified atom stereocenters. The monoisotopic (exact) mass is 271 g/mol. The Bertz CT molecular complexity index is 786. The second-order valence-electron chi connectivity index (χ2n) is 4.30. The van der Waals surface area contributed by atoms with Crippen LogP contribution in [0.5, 0.6) is 0 Å². The van der Waals surface area contributed by atoms with Crippen LogP contribution in [0.4, 0.5) is 0 Å². The second-order valence-corrected chi connectivity index (χ2v) is 5.49. The van der Waals surface area contributed by atoms with E-state index >= 15 is 0 Å². The highest BCUT2D eigenvalue weighted by atomic mass is 32.1. The molecular formula is C11H9N7S. The lowest BCUT2D eigenvalue weighted by atomic mass is 10.4. The number of amidine groups is 4. The van der Waals surface area contributed by atoms with Crippen molar-refractivity contribution < 1.29 is 0 Å². The number of hydrogen-bond acceptors (Lipinski definition) is 7. The lowest BCUT2D eigenvalue weighted by Gasteiger charge is -1.92. The number of aromatic nitrogens is 3. The number of nitrogens with zero attached hydrogens (tertiary/aromatic N) is 6. The summed E-state index contributed by atoms with van der Waals surface area (Å²) < 4.78 is 0. The molecular weight excluding hydrogens is 262 g/mol. The molecule has 1 N–H and O–H groups in total. The summed E-state index contributed by atoms with van der Waals surface area (Å²) in [4.78, 5) is 30.0. The van der Waals surface area contributed by atoms with E-state index < -0.39 is 0 Å². The third kappa shape index (κ3) is 1.72. The molecule has 4 rings (SSSR count). The van der Waals surface area contributed by atoms with Gasteiger partial charge in [0, 0.05) is 0 Å². The summed E-state index contributed by atoms with van der Waals surface area (Å²) in [6.07, 6.45) is 0.541. The highest BCUT2D eigenvalue weighted by Gasteiger charge is 2.23. The van der Waals surface area contributed by atoms with E-state index in [9.17, 15) is 0 Å². The van der Waals surface area contributed by atoms with Crippen LogP contribution in [0.25, 0.3) is 10.5 Å². The molecule has 0 fully saturated rings. The Balaban J connectivity index is 1.61. The highest BCUT2D eigenvalue weighted by molar-refractivity contribution is 7.18. The second kappa shape index (κ2) is 3.64. The Kier molecular flexibility index (Phi) is 2.05. The molecule has 2 aliphatic rings. The topological polar surface area (TPSA) is 91.0 Å². The minimum atomic E-state index is 0.541. The van der Waals surface area contributed by atoms with Crippen LogP contribution in [0.3, 0.4) is 0 Å². The molecule has 0 aliphatic carbocycles. The first kappa shape index (κ1) is 10.7. The number of nitrogens with one attached hydrogen (secondary N) is 1. The van der Waals surface area contributed by atoms with E-state index in [2.05, 4.69) is 34.9 Å². The van der Waals surface area contributed by atoms with Crippen LogP contribution in [0.15, 0.2) is 20.0 Å². The van der Waals surface area contributed by atoms with Crippen LogP contribution in [0, 0.1) is 6.92 Å². The average Bonchev–Trinajstić information content (AvgIpc) is 2.97. The molecule has 2 aromatic rings. The number of thiazole rings is 1. The third-order valence-electron chi connectivity index (χ3n) is 2.75. The van der Waals surface area contributed by atoms with Gasteiger partial charge >= 0.3 is 0 Å². The number of imidazole rings is 1. The SMILES string of the molecule is CC1=NC2=NC(Cc3nc4sc(C)nc4[nH]3)=NC2=N1. The van der Waals surface area contributed by atoms with Crippen molar-refractivity contribution in [3.8, 4) is 0 Å². The van der Waals surface area contributed by atoms with Gasteiger partial charge in [0.2, 0.25) is 11.7 Å². The van der Waals surface area contributed by atoms with Gasteiger partial charge in [-0.25, -0.2) is 29.9 Å². The van der Waals surface area contributed by atoms with Crippen molar-refractivity contribution in [2.45, 2.75) is 20.3 Å². The first-order valence-electron chi connectivity index (χ1n) is 5.80. The standard InChI is InChI=1S/C11H9N7S/c1-4-12-8-9(13-4)16-6(15-8)3-7-17-10-11(18-7)19-5(2)14-10/h3H2,1-2H3,(H,17,18). The maximum absolute atomic E-state index is 4.48. The number of hydrogen-bond donors (Lipinski definition) is 1. The van der Waals surface area contributed by atoms with E-state index in [0.29, 0.717) is 29.8 Å². The number of aryl methyl sites for hydroxylation is 1. The minimum Gasteiger partial charge on any atom is -0.325 e. The lowest BCUT2D eigenvalue weighted by Crippen LogP contribution is -2.00. The zero-order valence-corrected chi connectivity index (χ0v) is 11.1. The van der Waals surface area contributed by atoms with E-state index in [1.165, 1.54) is 0 Å². The molecule has 0 spiro atoms. The number of rotatable bonds is 2. The maximum atomic E-state index is 4.48. The van der Waals surface area contributed by atoms with Crippen molar-refractivity contribution in [1.29, 1.82) is 0 Å². The maximum Gasteiger partial charge on any atom is 0.201 e. The van der Waals surface area contributed by atoms with Crippen molar-refractivity contribution >= 4 is 45.2 Å². The summed E-state index contributed by atoms with van der Waals surface area (Å²) in [5, 5.41) is 1.01. The predicted molar refractivity (Wildman–Crippen MR) is 75.6 cm³/mol. The van der Waals surface area contributed by atoms with Gasteiger partial charge in [0.25, 0.3) is 0 Å². The van der Waals surface area contributed by atoms with E-state index in [-0.39, 0.29) is 0 Å². The van der Waals surface area contributed by atoms with Crippen LogP contribution < -0.4 is 0 Å². The molecule has 0 amide bonds. The quantitative estimate of drug-likeness (QED) is 0.896. The molecule has 0 aromatic carbocycles. The number of aromatic amines is 1. The molecule has 0 bridgehead atoms. The number of fused-ring (bicyclic) bond motifs is 2. The van der Waals surface area contributed by atoms with Crippen LogP contribution >= 0.6 is 11.3 Å². The number of H-pyrrole nitrogens is 1. The fourth-order valence-electron chi connectivity index (χ4n) is 2.02. The van der Waals surface area contributed by atoms with Crippen molar-refractivity contribution in [2.75, 3.05) is 0 Å². The first-order chi connectivity index (χ1) is 9.17. The summed E-state index contributed by atoms with van der Waals surface area (Å²) in [6, 6.07) is 0. The summed E-state index contributed by atoms with van der Waals surface area (Å²) >= 11 is 1.57. The summed E-state index contributed by atoms with van der Waals surface area (Å²) in [5.41, 5.74) is 0.829. The van der Waals surface area contributed by atoms with Gasteiger partial charge < -0.3 is 4.98 Å². The lowest BCUT2D eigenvalue weighted by molar-refractivity contribution is 1.09. The first-order valence-corrected chi connectivity index (χ1v) is 6.62. The zero-order valence-electron chi connectivity index (χ0n) is 10.3. The van der Waals surface area contributed by atoms with Gasteiger partial charge in [-0.1, -0.05) is 11.3 Å². The molecule has 0 radical (unpaired) electrons. The van der Waals surface area contributed by atoms with Gasteiger partial charge in [0.15, 0.2) is 10.5 Å². The largest absolute Gasteiger partial charge is 0.325 e. The summed E-state index contributed by atoms with van der Waals surface area (Å²) in [6.45, 7) is 3.80. The van der Waals surface area contributed by atoms with Gasteiger partial charge in [-0.05, 0) is 13.8 Å². The Morgan fingerprint density at radius 2 is 1.84 bits per heavy atom. The Morgan fingerprint density at radius 1 is 1.00 bits per heavy atom. The third-order valence-corrected chi connectivity index (χ3v) is 3.61. The molecule has 2 aromatic heterocycles. The van der Waals surface area contributed by atoms with E-state index in [4.69, 9.17) is 0 Å². The highest BCUT2D eigenvalue weighted by Crippen LogP contribution is 2.19. The molecule has 19 heavy (non-hydrogen) atoms. The Labute approximate surface area is 112 Å². The molecule has 0 saturated carbocycles. The minimum absolute atomic E-state index is 0.541. The fourth-order valence-corrected chi connectivity index (χ4v) is 2.79. The van der Waals surface area contributed by atoms with Crippen LogP contribution in [0.1, 0.15) is 17.8 Å². The molecule has 0 atom stereocenters. The molecule has 4 heterocycles. The Hall–Kier alpha value is -2.22. The predicted octanol–water partition coefficient (Wildman–Crippen LogP) is 1.51. The normalized spacial score (nSPS) is 17.4. The summed E-state index contributed by atoms with van der Waals surface area (Å²) in [7, 11) is 0. The van der Waals surface area contributed by atoms with Gasteiger partial charge in [-0.15, -0.1) is 0 Å². The smallest absolute Gasteiger partial charge is 0.201 e. The van der Waals surface area contributed by atoms with E-state index in [1.807, 2.05) is 13.8 Å². The molecule has 8 heteroatoms. The van der Waals surface area contributed by atoms with Gasteiger partial charge in [-0.2, -0.15) is 0 Å². The van der Waals surface area contributed by atoms with Crippen molar-refractivity contribution in [1.82, 2.24) is 15.0 Å². The Morgan fingerprint density at radius 3 is 2.63 bits per heavy atom. The van der Waals surface area contributed by atoms with Crippen molar-refractivity contribution in [3.63, 3.8) is 0 Å². The van der Waals surface area contributed by atoms with Crippen molar-refractivity contribution in [3.05, 3.63) is 10.8 Å². The zero-order chi connectivity index (χ0) is 13.0. The fraction of sp³-hybridized carbons (Fsp3) is 0.273. The van der Waals surface area contributed by atoms with Gasteiger partial charge in [0.05, 0.1) is 11.4 Å². The van der Waals surface area contributed by atoms with Crippen LogP contribution in [-0.4, -0.2) is 38.3 Å². The van der Waals surface area contributed by atoms with Crippen molar-refractivity contribution in [2.24, 2.45) is 20.0 Å². The molecule has 94 valence electrons. The van der Waals surface area contributed by atoms with E-state index in [0.717, 1.165) is 21.3 Å². The van der Waals surface area contributed by atoms with E-state index in [1.54, 1.807) is 11.3 Å². The molecule has 2 aliphatic heterocycles.